The molecule has 5 atom stereocenters. The summed E-state index contributed by atoms with van der Waals surface area (Å²) < 4.78 is 19.9. The summed E-state index contributed by atoms with van der Waals surface area (Å²) in [6.45, 7) is 9.56. The van der Waals surface area contributed by atoms with Crippen molar-refractivity contribution in [2.75, 3.05) is 69.8 Å². The second-order valence-corrected chi connectivity index (χ2v) is 22.1. The highest BCUT2D eigenvalue weighted by atomic mass is 35.5. The van der Waals surface area contributed by atoms with Crippen molar-refractivity contribution in [2.45, 2.75) is 94.4 Å². The number of benzene rings is 2. The number of nitrogens with zero attached hydrogens (tertiary/aromatic N) is 6. The first kappa shape index (κ1) is 50.3. The maximum atomic E-state index is 15.2. The van der Waals surface area contributed by atoms with Crippen LogP contribution in [0, 0.1) is 18.8 Å². The molecule has 5 N–H and O–H groups in total. The fourth-order valence-corrected chi connectivity index (χ4v) is 11.8. The molecule has 0 radical (unpaired) electrons. The summed E-state index contributed by atoms with van der Waals surface area (Å²) >= 11 is 9.29. The van der Waals surface area contributed by atoms with Gasteiger partial charge in [0, 0.05) is 69.6 Å². The predicted octanol–water partition coefficient (Wildman–Crippen LogP) is 6.31. The molecule has 2 saturated heterocycles. The fraction of sp³-hybridized carbons (Fsp3) is 0.531. The van der Waals surface area contributed by atoms with E-state index in [0.29, 0.717) is 58.7 Å². The highest BCUT2D eigenvalue weighted by Gasteiger charge is 2.54. The number of thioether (sulfide) groups is 1. The fourth-order valence-electron chi connectivity index (χ4n) is 9.51. The largest absolute Gasteiger partial charge is 0.495 e. The number of aryl methyl sites for hydroxylation is 1. The lowest BCUT2D eigenvalue weighted by Gasteiger charge is -2.38. The molecule has 4 amide bonds. The number of methoxy groups -OCH3 is 1. The van der Waals surface area contributed by atoms with Gasteiger partial charge in [0.15, 0.2) is 5.67 Å². The van der Waals surface area contributed by atoms with E-state index >= 15 is 4.39 Å². The molecule has 2 aliphatic heterocycles. The van der Waals surface area contributed by atoms with E-state index in [4.69, 9.17) is 16.3 Å². The van der Waals surface area contributed by atoms with Gasteiger partial charge in [-0.2, -0.15) is 16.7 Å². The van der Waals surface area contributed by atoms with Crippen molar-refractivity contribution in [1.29, 1.82) is 0 Å². The van der Waals surface area contributed by atoms with Gasteiger partial charge in [-0.05, 0) is 99.8 Å². The van der Waals surface area contributed by atoms with Gasteiger partial charge in [0.25, 0.3) is 11.8 Å². The summed E-state index contributed by atoms with van der Waals surface area (Å²) in [6, 6.07) is 11.0. The summed E-state index contributed by atoms with van der Waals surface area (Å²) in [5.74, 6) is 1.10. The molecule has 2 saturated carbocycles. The standard InChI is InChI=1S/C49H62ClFN10O6S2/c1-29-40(68-28-55-29)33-10-8-30(9-11-33)23-53-43(63)38-22-35(62)26-61(38)45(65)41(57-46(66)49(51)14-15-49)48(2,3)69-27-32-7-6-31(20-32)25-59-16-18-60(19-17-59)44(64)34-12-13-37(39(21-34)67-5)56-47-54-24-36(50)42(52-4)58-47/h8-13,21,24,28,31-32,35,38,41,62H,6-7,14-20,22-23,25-27H2,1-5H3,(H,53,63)(H,57,66)(H2,52,54,56,58)/t31-,32-,35+,38-,41?/m0/s1. The van der Waals surface area contributed by atoms with Gasteiger partial charge in [0.1, 0.15) is 28.7 Å². The number of nitrogens with one attached hydrogen (secondary N) is 4. The molecule has 69 heavy (non-hydrogen) atoms. The first-order chi connectivity index (χ1) is 33.0. The lowest BCUT2D eigenvalue weighted by atomic mass is 10.00. The Bertz CT molecular complexity index is 2500. The Morgan fingerprint density at radius 1 is 1.04 bits per heavy atom. The lowest BCUT2D eigenvalue weighted by molar-refractivity contribution is -0.143. The van der Waals surface area contributed by atoms with Gasteiger partial charge in [-0.1, -0.05) is 35.9 Å². The molecule has 4 fully saturated rings. The predicted molar refractivity (Wildman–Crippen MR) is 268 cm³/mol. The van der Waals surface area contributed by atoms with Crippen LogP contribution in [0.15, 0.2) is 54.2 Å². The molecule has 8 rings (SSSR count). The summed E-state index contributed by atoms with van der Waals surface area (Å²) in [4.78, 5) is 74.9. The molecule has 2 aliphatic carbocycles. The summed E-state index contributed by atoms with van der Waals surface area (Å²) in [7, 11) is 3.27. The Labute approximate surface area is 415 Å². The average molecular weight is 1010 g/mol. The minimum Gasteiger partial charge on any atom is -0.495 e. The van der Waals surface area contributed by atoms with Gasteiger partial charge in [0.2, 0.25) is 17.8 Å². The summed E-state index contributed by atoms with van der Waals surface area (Å²) in [5, 5.41) is 23.0. The molecule has 2 aromatic carbocycles. The van der Waals surface area contributed by atoms with Crippen molar-refractivity contribution in [2.24, 2.45) is 11.8 Å². The van der Waals surface area contributed by atoms with Gasteiger partial charge in [-0.3, -0.25) is 24.1 Å². The first-order valence-electron chi connectivity index (χ1n) is 23.6. The van der Waals surface area contributed by atoms with Crippen molar-refractivity contribution in [3.05, 3.63) is 76.0 Å². The first-order valence-corrected chi connectivity index (χ1v) is 25.8. The number of halogens is 2. The number of piperazine rings is 1. The van der Waals surface area contributed by atoms with Crippen LogP contribution in [0.4, 0.5) is 21.8 Å². The number of hydrogen-bond donors (Lipinski definition) is 5. The minimum atomic E-state index is -2.00. The third-order valence-electron chi connectivity index (χ3n) is 13.8. The Morgan fingerprint density at radius 2 is 1.78 bits per heavy atom. The molecule has 4 aliphatic rings. The van der Waals surface area contributed by atoms with Gasteiger partial charge in [-0.15, -0.1) is 11.3 Å². The van der Waals surface area contributed by atoms with Crippen LogP contribution in [0.25, 0.3) is 10.4 Å². The van der Waals surface area contributed by atoms with E-state index in [-0.39, 0.29) is 38.3 Å². The number of likely N-dealkylation sites (tertiary alicyclic amines) is 1. The summed E-state index contributed by atoms with van der Waals surface area (Å²) in [6.07, 6.45) is 3.91. The zero-order valence-electron chi connectivity index (χ0n) is 39.7. The molecule has 4 aromatic rings. The van der Waals surface area contributed by atoms with Gasteiger partial charge in [-0.25, -0.2) is 14.4 Å². The van der Waals surface area contributed by atoms with Crippen LogP contribution < -0.4 is 26.0 Å². The number of rotatable bonds is 18. The Kier molecular flexibility index (Phi) is 15.7. The highest BCUT2D eigenvalue weighted by molar-refractivity contribution is 8.00. The van der Waals surface area contributed by atoms with Crippen molar-refractivity contribution in [3.63, 3.8) is 0 Å². The quantitative estimate of drug-likeness (QED) is 0.0746. The smallest absolute Gasteiger partial charge is 0.258 e. The third kappa shape index (κ3) is 11.9. The minimum absolute atomic E-state index is 0.0551. The van der Waals surface area contributed by atoms with Crippen molar-refractivity contribution in [1.82, 2.24) is 40.3 Å². The zero-order chi connectivity index (χ0) is 49.0. The van der Waals surface area contributed by atoms with Gasteiger partial charge >= 0.3 is 0 Å². The molecular formula is C49H62ClFN10O6S2. The number of ether oxygens (including phenoxy) is 1. The summed E-state index contributed by atoms with van der Waals surface area (Å²) in [5.41, 5.74) is 3.81. The zero-order valence-corrected chi connectivity index (χ0v) is 42.1. The lowest BCUT2D eigenvalue weighted by Crippen LogP contribution is -2.61. The number of alkyl halides is 1. The number of aromatic nitrogens is 3. The maximum Gasteiger partial charge on any atom is 0.258 e. The normalized spacial score (nSPS) is 21.7. The highest BCUT2D eigenvalue weighted by Crippen LogP contribution is 2.42. The number of carbonyl (C=O) groups is 4. The number of aliphatic hydroxyl groups excluding tert-OH is 1. The van der Waals surface area contributed by atoms with Crippen LogP contribution in [0.5, 0.6) is 5.75 Å². The molecular weight excluding hydrogens is 943 g/mol. The van der Waals surface area contributed by atoms with Crippen LogP contribution in [-0.4, -0.2) is 146 Å². The van der Waals surface area contributed by atoms with E-state index in [2.05, 4.69) is 41.1 Å². The van der Waals surface area contributed by atoms with Crippen LogP contribution in [-0.2, 0) is 20.9 Å². The maximum absolute atomic E-state index is 15.2. The topological polar surface area (TPSA) is 194 Å². The third-order valence-corrected chi connectivity index (χ3v) is 16.7. The monoisotopic (exact) mass is 1000 g/mol. The van der Waals surface area contributed by atoms with Gasteiger partial charge in [0.05, 0.1) is 41.2 Å². The number of carbonyl (C=O) groups excluding carboxylic acids is 4. The molecule has 0 bridgehead atoms. The molecule has 20 heteroatoms. The molecule has 2 aromatic heterocycles. The van der Waals surface area contributed by atoms with E-state index in [0.717, 1.165) is 66.3 Å². The van der Waals surface area contributed by atoms with E-state index in [1.165, 1.54) is 11.1 Å². The molecule has 1 unspecified atom stereocenters. The van der Waals surface area contributed by atoms with E-state index in [1.54, 1.807) is 55.5 Å². The number of β-amino-alcohol motifs (C(OH)–C–C–N with tert-alkyl or cyclic N) is 1. The molecule has 370 valence electrons. The second kappa shape index (κ2) is 21.5. The van der Waals surface area contributed by atoms with E-state index < -0.39 is 46.3 Å². The molecule has 16 nitrogen and oxygen atoms in total. The number of thiazole rings is 1. The molecule has 4 heterocycles. The van der Waals surface area contributed by atoms with E-state index in [9.17, 15) is 24.3 Å². The average Bonchev–Trinajstić information content (AvgIpc) is 3.61. The Hall–Kier alpha value is -5.08. The molecule has 0 spiro atoms. The number of hydrogen-bond acceptors (Lipinski definition) is 14. The second-order valence-electron chi connectivity index (χ2n) is 19.2. The Balaban J connectivity index is 0.825. The number of anilines is 3. The van der Waals surface area contributed by atoms with Crippen molar-refractivity contribution >= 4 is 75.8 Å². The van der Waals surface area contributed by atoms with E-state index in [1.807, 2.05) is 55.4 Å². The van der Waals surface area contributed by atoms with Crippen molar-refractivity contribution < 1.29 is 33.4 Å². The van der Waals surface area contributed by atoms with Crippen LogP contribution in [0.2, 0.25) is 5.02 Å². The van der Waals surface area contributed by atoms with Crippen LogP contribution >= 0.6 is 34.7 Å². The number of amides is 4. The number of aliphatic hydroxyl groups is 1. The van der Waals surface area contributed by atoms with Crippen molar-refractivity contribution in [3.8, 4) is 16.2 Å². The Morgan fingerprint density at radius 3 is 2.46 bits per heavy atom. The van der Waals surface area contributed by atoms with Crippen LogP contribution in [0.3, 0.4) is 0 Å². The van der Waals surface area contributed by atoms with Gasteiger partial charge < -0.3 is 40.9 Å². The van der Waals surface area contributed by atoms with Crippen LogP contribution in [0.1, 0.15) is 74.0 Å². The SMILES string of the molecule is CNc1nc(Nc2ccc(C(=O)N3CCN(C[C@H]4CC[C@H](CSC(C)(C)C(NC(=O)C5(F)CC5)C(=O)N5C[C@H](O)C[C@H]5C(=O)NCc5ccc(-c6scnc6C)cc5)C4)CC3)cc2OC)ncc1Cl.